The highest BCUT2D eigenvalue weighted by Crippen LogP contribution is 2.36. The fourth-order valence-electron chi connectivity index (χ4n) is 3.42. The molecule has 1 fully saturated rings. The van der Waals surface area contributed by atoms with Crippen LogP contribution in [0.2, 0.25) is 0 Å². The summed E-state index contributed by atoms with van der Waals surface area (Å²) in [5.41, 5.74) is 2.39. The average Bonchev–Trinajstić information content (AvgIpc) is 2.68. The monoisotopic (exact) mass is 338 g/mol. The smallest absolute Gasteiger partial charge is 0.305 e. The van der Waals surface area contributed by atoms with Gasteiger partial charge in [0.05, 0.1) is 0 Å². The summed E-state index contributed by atoms with van der Waals surface area (Å²) in [4.78, 5) is 11.7. The maximum atomic E-state index is 11.7. The zero-order valence-electron chi connectivity index (χ0n) is 14.8. The van der Waals surface area contributed by atoms with Crippen molar-refractivity contribution in [1.82, 2.24) is 0 Å². The van der Waals surface area contributed by atoms with Gasteiger partial charge in [0.2, 0.25) is 0 Å². The Labute approximate surface area is 150 Å². The van der Waals surface area contributed by atoms with Gasteiger partial charge in [0.1, 0.15) is 18.5 Å². The summed E-state index contributed by atoms with van der Waals surface area (Å²) >= 11 is 0. The minimum Gasteiger partial charge on any atom is -0.489 e. The molecule has 0 aliphatic heterocycles. The van der Waals surface area contributed by atoms with Crippen LogP contribution >= 0.6 is 0 Å². The molecule has 0 radical (unpaired) electrons. The Balaban J connectivity index is 1.62. The maximum Gasteiger partial charge on any atom is 0.305 e. The van der Waals surface area contributed by atoms with Gasteiger partial charge in [-0.25, -0.2) is 0 Å². The lowest BCUT2D eigenvalue weighted by molar-refractivity contribution is -0.151. The van der Waals surface area contributed by atoms with Crippen molar-refractivity contribution in [3.63, 3.8) is 0 Å². The number of esters is 1. The molecule has 1 saturated carbocycles. The van der Waals surface area contributed by atoms with E-state index in [1.165, 1.54) is 12.0 Å². The Hall–Kier alpha value is -2.29. The van der Waals surface area contributed by atoms with E-state index in [1.54, 1.807) is 0 Å². The third-order valence-electron chi connectivity index (χ3n) is 4.83. The largest absolute Gasteiger partial charge is 0.489 e. The van der Waals surface area contributed by atoms with Crippen LogP contribution < -0.4 is 4.74 Å². The predicted octanol–water partition coefficient (Wildman–Crippen LogP) is 5.25. The molecular formula is C22H26O3. The number of hydrogen-bond acceptors (Lipinski definition) is 3. The molecule has 0 spiro atoms. The van der Waals surface area contributed by atoms with Gasteiger partial charge < -0.3 is 9.47 Å². The van der Waals surface area contributed by atoms with Gasteiger partial charge >= 0.3 is 5.97 Å². The van der Waals surface area contributed by atoms with Gasteiger partial charge in [-0.15, -0.1) is 0 Å². The summed E-state index contributed by atoms with van der Waals surface area (Å²) in [6, 6.07) is 18.4. The minimum absolute atomic E-state index is 0.0114. The van der Waals surface area contributed by atoms with Crippen molar-refractivity contribution in [3.8, 4) is 5.75 Å². The highest BCUT2D eigenvalue weighted by atomic mass is 16.5. The fourth-order valence-corrected chi connectivity index (χ4v) is 3.42. The molecule has 2 aromatic rings. The molecule has 3 rings (SSSR count). The molecule has 132 valence electrons. The highest BCUT2D eigenvalue weighted by Gasteiger charge is 2.29. The van der Waals surface area contributed by atoms with E-state index < -0.39 is 0 Å². The van der Waals surface area contributed by atoms with Crippen molar-refractivity contribution in [2.45, 2.75) is 57.7 Å². The molecule has 3 nitrogen and oxygen atoms in total. The van der Waals surface area contributed by atoms with Crippen molar-refractivity contribution in [3.05, 3.63) is 65.7 Å². The van der Waals surface area contributed by atoms with E-state index in [9.17, 15) is 4.79 Å². The summed E-state index contributed by atoms with van der Waals surface area (Å²) in [7, 11) is 0. The SMILES string of the molecule is CCC(=O)O[C@H]1CCCC[C@@H]1c1ccc(OCc2ccccc2)cc1. The summed E-state index contributed by atoms with van der Waals surface area (Å²) in [5, 5.41) is 0. The molecule has 0 saturated heterocycles. The van der Waals surface area contributed by atoms with Gasteiger partial charge in [-0.05, 0) is 42.5 Å². The third kappa shape index (κ3) is 4.85. The van der Waals surface area contributed by atoms with Crippen LogP contribution in [0.5, 0.6) is 5.75 Å². The van der Waals surface area contributed by atoms with Crippen LogP contribution in [0.1, 0.15) is 56.1 Å². The molecule has 25 heavy (non-hydrogen) atoms. The molecule has 3 heteroatoms. The van der Waals surface area contributed by atoms with E-state index >= 15 is 0 Å². The van der Waals surface area contributed by atoms with Crippen LogP contribution in [0.15, 0.2) is 54.6 Å². The molecule has 0 aromatic heterocycles. The number of hydrogen-bond donors (Lipinski definition) is 0. The summed E-state index contributed by atoms with van der Waals surface area (Å²) in [5.74, 6) is 1.07. The van der Waals surface area contributed by atoms with Gasteiger partial charge in [-0.2, -0.15) is 0 Å². The van der Waals surface area contributed by atoms with Crippen molar-refractivity contribution < 1.29 is 14.3 Å². The lowest BCUT2D eigenvalue weighted by atomic mass is 9.81. The Kier molecular flexibility index (Phi) is 6.10. The van der Waals surface area contributed by atoms with Crippen LogP contribution in [0, 0.1) is 0 Å². The van der Waals surface area contributed by atoms with E-state index in [0.29, 0.717) is 18.9 Å². The predicted molar refractivity (Wildman–Crippen MR) is 98.6 cm³/mol. The van der Waals surface area contributed by atoms with E-state index in [0.717, 1.165) is 30.6 Å². The average molecular weight is 338 g/mol. The molecule has 2 atom stereocenters. The first-order chi connectivity index (χ1) is 12.3. The first-order valence-corrected chi connectivity index (χ1v) is 9.22. The van der Waals surface area contributed by atoms with Crippen molar-refractivity contribution >= 4 is 5.97 Å². The Morgan fingerprint density at radius 3 is 2.44 bits per heavy atom. The normalized spacial score (nSPS) is 20.0. The standard InChI is InChI=1S/C22H26O3/c1-2-22(23)25-21-11-7-6-10-20(21)18-12-14-19(15-13-18)24-16-17-8-4-3-5-9-17/h3-5,8-9,12-15,20-21H,2,6-7,10-11,16H2,1H3/t20-,21+/m1/s1. The van der Waals surface area contributed by atoms with Gasteiger partial charge in [-0.3, -0.25) is 4.79 Å². The zero-order chi connectivity index (χ0) is 17.5. The minimum atomic E-state index is -0.0975. The number of rotatable bonds is 6. The maximum absolute atomic E-state index is 11.7. The van der Waals surface area contributed by atoms with E-state index in [2.05, 4.69) is 24.3 Å². The molecule has 2 aromatic carbocycles. The highest BCUT2D eigenvalue weighted by molar-refractivity contribution is 5.69. The third-order valence-corrected chi connectivity index (χ3v) is 4.83. The van der Waals surface area contributed by atoms with E-state index in [-0.39, 0.29) is 12.1 Å². The van der Waals surface area contributed by atoms with E-state index in [1.807, 2.05) is 37.3 Å². The summed E-state index contributed by atoms with van der Waals surface area (Å²) in [6.45, 7) is 2.42. The lowest BCUT2D eigenvalue weighted by Crippen LogP contribution is -2.28. The molecule has 0 N–H and O–H groups in total. The van der Waals surface area contributed by atoms with Crippen LogP contribution in [-0.2, 0) is 16.1 Å². The first-order valence-electron chi connectivity index (χ1n) is 9.22. The molecule has 1 aliphatic rings. The van der Waals surface area contributed by atoms with Crippen LogP contribution in [0.4, 0.5) is 0 Å². The Morgan fingerprint density at radius 1 is 1.00 bits per heavy atom. The van der Waals surface area contributed by atoms with E-state index in [4.69, 9.17) is 9.47 Å². The second-order valence-electron chi connectivity index (χ2n) is 6.62. The molecule has 0 unspecified atom stereocenters. The Bertz CT molecular complexity index is 663. The number of ether oxygens (including phenoxy) is 2. The molecule has 1 aliphatic carbocycles. The quantitative estimate of drug-likeness (QED) is 0.675. The second-order valence-corrected chi connectivity index (χ2v) is 6.62. The summed E-state index contributed by atoms with van der Waals surface area (Å²) in [6.07, 6.45) is 4.81. The number of carbonyl (C=O) groups excluding carboxylic acids is 1. The van der Waals surface area contributed by atoms with Crippen molar-refractivity contribution in [1.29, 1.82) is 0 Å². The number of benzene rings is 2. The molecule has 0 heterocycles. The topological polar surface area (TPSA) is 35.5 Å². The number of carbonyl (C=O) groups is 1. The Morgan fingerprint density at radius 2 is 1.72 bits per heavy atom. The lowest BCUT2D eigenvalue weighted by Gasteiger charge is -2.31. The van der Waals surface area contributed by atoms with Gasteiger partial charge in [0, 0.05) is 12.3 Å². The van der Waals surface area contributed by atoms with Gasteiger partial charge in [-0.1, -0.05) is 55.8 Å². The molecular weight excluding hydrogens is 312 g/mol. The fraction of sp³-hybridized carbons (Fsp3) is 0.409. The first kappa shape index (κ1) is 17.5. The molecule has 0 bridgehead atoms. The van der Waals surface area contributed by atoms with Crippen molar-refractivity contribution in [2.75, 3.05) is 0 Å². The van der Waals surface area contributed by atoms with Crippen LogP contribution in [-0.4, -0.2) is 12.1 Å². The second kappa shape index (κ2) is 8.70. The molecule has 0 amide bonds. The van der Waals surface area contributed by atoms with Gasteiger partial charge in [0.15, 0.2) is 0 Å². The zero-order valence-corrected chi connectivity index (χ0v) is 14.8. The van der Waals surface area contributed by atoms with Gasteiger partial charge in [0.25, 0.3) is 0 Å². The van der Waals surface area contributed by atoms with Crippen LogP contribution in [0.25, 0.3) is 0 Å². The van der Waals surface area contributed by atoms with Crippen LogP contribution in [0.3, 0.4) is 0 Å². The van der Waals surface area contributed by atoms with Crippen molar-refractivity contribution in [2.24, 2.45) is 0 Å². The summed E-state index contributed by atoms with van der Waals surface area (Å²) < 4.78 is 11.5.